The van der Waals surface area contributed by atoms with Gasteiger partial charge in [-0.2, -0.15) is 0 Å². The Labute approximate surface area is 85.9 Å². The first-order chi connectivity index (χ1) is 6.76. The van der Waals surface area contributed by atoms with Crippen LogP contribution in [-0.2, 0) is 14.2 Å². The molecule has 1 aliphatic heterocycles. The molecule has 1 fully saturated rings. The lowest BCUT2D eigenvalue weighted by Crippen LogP contribution is -2.34. The second-order valence-electron chi connectivity index (χ2n) is 3.71. The fraction of sp³-hybridized carbons (Fsp3) is 1.00. The van der Waals surface area contributed by atoms with Gasteiger partial charge in [0.15, 0.2) is 6.29 Å². The van der Waals surface area contributed by atoms with Crippen LogP contribution in [0, 0.1) is 0 Å². The average Bonchev–Trinajstić information content (AvgIpc) is 2.59. The van der Waals surface area contributed by atoms with Crippen molar-refractivity contribution in [3.63, 3.8) is 0 Å². The van der Waals surface area contributed by atoms with Crippen molar-refractivity contribution >= 4 is 0 Å². The molecular formula is C10H21NO3. The minimum Gasteiger partial charge on any atom is -0.374 e. The molecule has 1 rings (SSSR count). The molecule has 2 unspecified atom stereocenters. The number of hydrogen-bond acceptors (Lipinski definition) is 4. The Kier molecular flexibility index (Phi) is 5.40. The first-order valence-electron chi connectivity index (χ1n) is 5.18. The summed E-state index contributed by atoms with van der Waals surface area (Å²) in [7, 11) is 3.29. The second-order valence-corrected chi connectivity index (χ2v) is 3.71. The van der Waals surface area contributed by atoms with Crippen LogP contribution in [-0.4, -0.2) is 45.8 Å². The van der Waals surface area contributed by atoms with Crippen molar-refractivity contribution in [3.05, 3.63) is 0 Å². The molecule has 2 atom stereocenters. The molecule has 0 spiro atoms. The highest BCUT2D eigenvalue weighted by Gasteiger charge is 2.21. The third kappa shape index (κ3) is 3.92. The monoisotopic (exact) mass is 203 g/mol. The van der Waals surface area contributed by atoms with Crippen LogP contribution in [0.3, 0.4) is 0 Å². The van der Waals surface area contributed by atoms with Gasteiger partial charge in [-0.3, -0.25) is 0 Å². The minimum atomic E-state index is -0.158. The molecule has 1 saturated heterocycles. The molecule has 0 aliphatic carbocycles. The number of ether oxygens (including phenoxy) is 3. The van der Waals surface area contributed by atoms with Crippen molar-refractivity contribution in [2.75, 3.05) is 27.3 Å². The van der Waals surface area contributed by atoms with Gasteiger partial charge in [0.1, 0.15) is 0 Å². The molecule has 84 valence electrons. The maximum atomic E-state index is 5.67. The molecule has 1 heterocycles. The Morgan fingerprint density at radius 3 is 2.57 bits per heavy atom. The van der Waals surface area contributed by atoms with Crippen LogP contribution in [0.15, 0.2) is 0 Å². The minimum absolute atomic E-state index is 0.158. The lowest BCUT2D eigenvalue weighted by molar-refractivity contribution is -0.0997. The van der Waals surface area contributed by atoms with Crippen molar-refractivity contribution < 1.29 is 14.2 Å². The SMILES string of the molecule is COC(CNCC1CCC(C)O1)OC. The highest BCUT2D eigenvalue weighted by atomic mass is 16.7. The lowest BCUT2D eigenvalue weighted by Gasteiger charge is -2.16. The van der Waals surface area contributed by atoms with Crippen molar-refractivity contribution in [1.29, 1.82) is 0 Å². The van der Waals surface area contributed by atoms with Crippen molar-refractivity contribution in [2.24, 2.45) is 0 Å². The largest absolute Gasteiger partial charge is 0.374 e. The van der Waals surface area contributed by atoms with Crippen LogP contribution in [0.5, 0.6) is 0 Å². The standard InChI is InChI=1S/C10H21NO3/c1-8-4-5-9(14-8)6-11-7-10(12-2)13-3/h8-11H,4-7H2,1-3H3. The van der Waals surface area contributed by atoms with Gasteiger partial charge >= 0.3 is 0 Å². The van der Waals surface area contributed by atoms with Gasteiger partial charge in [-0.1, -0.05) is 0 Å². The summed E-state index contributed by atoms with van der Waals surface area (Å²) < 4.78 is 15.8. The van der Waals surface area contributed by atoms with Crippen LogP contribution >= 0.6 is 0 Å². The van der Waals surface area contributed by atoms with E-state index in [4.69, 9.17) is 14.2 Å². The lowest BCUT2D eigenvalue weighted by atomic mass is 10.2. The summed E-state index contributed by atoms with van der Waals surface area (Å²) in [5.41, 5.74) is 0. The third-order valence-corrected chi connectivity index (χ3v) is 2.53. The van der Waals surface area contributed by atoms with E-state index in [1.54, 1.807) is 14.2 Å². The average molecular weight is 203 g/mol. The normalized spacial score (nSPS) is 27.4. The Morgan fingerprint density at radius 1 is 1.36 bits per heavy atom. The van der Waals surface area contributed by atoms with Crippen molar-refractivity contribution in [3.8, 4) is 0 Å². The summed E-state index contributed by atoms with van der Waals surface area (Å²) in [6.07, 6.45) is 2.94. The second kappa shape index (κ2) is 6.35. The molecule has 14 heavy (non-hydrogen) atoms. The topological polar surface area (TPSA) is 39.7 Å². The van der Waals surface area contributed by atoms with Crippen LogP contribution in [0.25, 0.3) is 0 Å². The Hall–Kier alpha value is -0.160. The summed E-state index contributed by atoms with van der Waals surface area (Å²) in [6, 6.07) is 0. The zero-order valence-corrected chi connectivity index (χ0v) is 9.29. The van der Waals surface area contributed by atoms with Gasteiger partial charge in [-0.05, 0) is 19.8 Å². The van der Waals surface area contributed by atoms with E-state index in [0.717, 1.165) is 13.0 Å². The van der Waals surface area contributed by atoms with Gasteiger partial charge in [-0.15, -0.1) is 0 Å². The fourth-order valence-electron chi connectivity index (χ4n) is 1.66. The Bertz CT molecular complexity index is 150. The molecule has 0 aromatic carbocycles. The predicted octanol–water partition coefficient (Wildman–Crippen LogP) is 0.762. The van der Waals surface area contributed by atoms with E-state index in [0.29, 0.717) is 18.8 Å². The van der Waals surface area contributed by atoms with E-state index in [9.17, 15) is 0 Å². The van der Waals surface area contributed by atoms with Gasteiger partial charge in [0, 0.05) is 27.3 Å². The maximum absolute atomic E-state index is 5.67. The van der Waals surface area contributed by atoms with Gasteiger partial charge in [-0.25, -0.2) is 0 Å². The summed E-state index contributed by atoms with van der Waals surface area (Å²) in [4.78, 5) is 0. The number of rotatable bonds is 6. The van der Waals surface area contributed by atoms with E-state index < -0.39 is 0 Å². The highest BCUT2D eigenvalue weighted by Crippen LogP contribution is 2.17. The zero-order valence-electron chi connectivity index (χ0n) is 9.29. The summed E-state index contributed by atoms with van der Waals surface area (Å²) in [5, 5.41) is 3.27. The van der Waals surface area contributed by atoms with Crippen LogP contribution in [0.4, 0.5) is 0 Å². The van der Waals surface area contributed by atoms with Crippen LogP contribution < -0.4 is 5.32 Å². The van der Waals surface area contributed by atoms with Gasteiger partial charge < -0.3 is 19.5 Å². The number of nitrogens with one attached hydrogen (secondary N) is 1. The smallest absolute Gasteiger partial charge is 0.169 e. The van der Waals surface area contributed by atoms with E-state index in [-0.39, 0.29) is 6.29 Å². The van der Waals surface area contributed by atoms with Crippen molar-refractivity contribution in [2.45, 2.75) is 38.3 Å². The van der Waals surface area contributed by atoms with Crippen molar-refractivity contribution in [1.82, 2.24) is 5.32 Å². The Morgan fingerprint density at radius 2 is 2.07 bits per heavy atom. The fourth-order valence-corrected chi connectivity index (χ4v) is 1.66. The molecule has 0 radical (unpaired) electrons. The molecule has 1 aliphatic rings. The number of methoxy groups -OCH3 is 2. The number of hydrogen-bond donors (Lipinski definition) is 1. The third-order valence-electron chi connectivity index (χ3n) is 2.53. The van der Waals surface area contributed by atoms with Crippen LogP contribution in [0.1, 0.15) is 19.8 Å². The molecule has 4 heteroatoms. The van der Waals surface area contributed by atoms with Gasteiger partial charge in [0.25, 0.3) is 0 Å². The van der Waals surface area contributed by atoms with E-state index in [1.807, 2.05) is 0 Å². The summed E-state index contributed by atoms with van der Waals surface area (Å²) in [6.45, 7) is 3.71. The molecular weight excluding hydrogens is 182 g/mol. The molecule has 0 saturated carbocycles. The Balaban J connectivity index is 2.03. The molecule has 0 amide bonds. The molecule has 0 aromatic heterocycles. The first-order valence-corrected chi connectivity index (χ1v) is 5.18. The highest BCUT2D eigenvalue weighted by molar-refractivity contribution is 4.72. The maximum Gasteiger partial charge on any atom is 0.169 e. The molecule has 1 N–H and O–H groups in total. The van der Waals surface area contributed by atoms with E-state index in [2.05, 4.69) is 12.2 Å². The zero-order chi connectivity index (χ0) is 10.4. The van der Waals surface area contributed by atoms with E-state index >= 15 is 0 Å². The summed E-state index contributed by atoms with van der Waals surface area (Å²) >= 11 is 0. The first kappa shape index (κ1) is 11.9. The van der Waals surface area contributed by atoms with Crippen LogP contribution in [0.2, 0.25) is 0 Å². The van der Waals surface area contributed by atoms with Gasteiger partial charge in [0.05, 0.1) is 12.2 Å². The molecule has 0 aromatic rings. The van der Waals surface area contributed by atoms with Gasteiger partial charge in [0.2, 0.25) is 0 Å². The molecule has 0 bridgehead atoms. The predicted molar refractivity (Wildman–Crippen MR) is 54.2 cm³/mol. The quantitative estimate of drug-likeness (QED) is 0.647. The van der Waals surface area contributed by atoms with E-state index in [1.165, 1.54) is 6.42 Å². The molecule has 4 nitrogen and oxygen atoms in total. The summed E-state index contributed by atoms with van der Waals surface area (Å²) in [5.74, 6) is 0.